The average molecular weight is 312 g/mol. The standard InChI is InChI=1S/C14H18ClN3O3/c1-2-3-10-6-9(7-12(15)17-10)14(20)18-4-5-21-8-11(18)13(16)19/h6-7,11H,2-5,8H2,1H3,(H2,16,19). The van der Waals surface area contributed by atoms with Gasteiger partial charge in [0.1, 0.15) is 11.2 Å². The molecule has 1 aromatic heterocycles. The van der Waals surface area contributed by atoms with Crippen molar-refractivity contribution in [3.63, 3.8) is 0 Å². The molecule has 1 aromatic rings. The fourth-order valence-electron chi connectivity index (χ4n) is 2.31. The van der Waals surface area contributed by atoms with E-state index in [0.29, 0.717) is 18.7 Å². The number of hydrogen-bond acceptors (Lipinski definition) is 4. The lowest BCUT2D eigenvalue weighted by atomic mass is 10.1. The van der Waals surface area contributed by atoms with Crippen LogP contribution in [-0.2, 0) is 16.0 Å². The van der Waals surface area contributed by atoms with Crippen LogP contribution in [0.2, 0.25) is 5.15 Å². The van der Waals surface area contributed by atoms with Crippen LogP contribution in [0, 0.1) is 0 Å². The van der Waals surface area contributed by atoms with Gasteiger partial charge in [0, 0.05) is 17.8 Å². The SMILES string of the molecule is CCCc1cc(C(=O)N2CCOCC2C(N)=O)cc(Cl)n1. The summed E-state index contributed by atoms with van der Waals surface area (Å²) in [6.07, 6.45) is 1.64. The van der Waals surface area contributed by atoms with Gasteiger partial charge in [-0.05, 0) is 18.6 Å². The molecule has 2 heterocycles. The Hall–Kier alpha value is -1.66. The Labute approximate surface area is 128 Å². The van der Waals surface area contributed by atoms with E-state index in [4.69, 9.17) is 22.1 Å². The summed E-state index contributed by atoms with van der Waals surface area (Å²) in [4.78, 5) is 29.7. The van der Waals surface area contributed by atoms with Crippen LogP contribution in [0.4, 0.5) is 0 Å². The Bertz CT molecular complexity index is 550. The normalized spacial score (nSPS) is 18.6. The van der Waals surface area contributed by atoms with Crippen LogP contribution in [-0.4, -0.2) is 47.5 Å². The highest BCUT2D eigenvalue weighted by atomic mass is 35.5. The predicted octanol–water partition coefficient (Wildman–Crippen LogP) is 1.01. The van der Waals surface area contributed by atoms with Crippen molar-refractivity contribution in [2.24, 2.45) is 5.73 Å². The molecule has 0 saturated carbocycles. The van der Waals surface area contributed by atoms with Crippen LogP contribution < -0.4 is 5.73 Å². The summed E-state index contributed by atoms with van der Waals surface area (Å²) in [6, 6.07) is 2.48. The summed E-state index contributed by atoms with van der Waals surface area (Å²) < 4.78 is 5.21. The molecule has 0 bridgehead atoms. The fraction of sp³-hybridized carbons (Fsp3) is 0.500. The molecule has 1 fully saturated rings. The third-order valence-corrected chi connectivity index (χ3v) is 3.51. The quantitative estimate of drug-likeness (QED) is 0.841. The maximum absolute atomic E-state index is 12.6. The van der Waals surface area contributed by atoms with Crippen molar-refractivity contribution in [1.82, 2.24) is 9.88 Å². The number of primary amides is 1. The Morgan fingerprint density at radius 2 is 2.29 bits per heavy atom. The summed E-state index contributed by atoms with van der Waals surface area (Å²) in [7, 11) is 0. The maximum atomic E-state index is 12.6. The van der Waals surface area contributed by atoms with E-state index in [1.165, 1.54) is 11.0 Å². The van der Waals surface area contributed by atoms with E-state index in [1.54, 1.807) is 6.07 Å². The molecular formula is C14H18ClN3O3. The molecule has 1 saturated heterocycles. The van der Waals surface area contributed by atoms with Crippen LogP contribution in [0.3, 0.4) is 0 Å². The largest absolute Gasteiger partial charge is 0.377 e. The van der Waals surface area contributed by atoms with E-state index in [0.717, 1.165) is 18.5 Å². The molecule has 1 aliphatic heterocycles. The van der Waals surface area contributed by atoms with Crippen LogP contribution in [0.1, 0.15) is 29.4 Å². The first kappa shape index (κ1) is 15.7. The molecule has 0 radical (unpaired) electrons. The second-order valence-electron chi connectivity index (χ2n) is 4.91. The van der Waals surface area contributed by atoms with E-state index < -0.39 is 11.9 Å². The van der Waals surface area contributed by atoms with Gasteiger partial charge in [0.2, 0.25) is 5.91 Å². The van der Waals surface area contributed by atoms with Crippen molar-refractivity contribution in [2.75, 3.05) is 19.8 Å². The number of ether oxygens (including phenoxy) is 1. The number of morpholine rings is 1. The summed E-state index contributed by atoms with van der Waals surface area (Å²) in [5.74, 6) is -0.847. The number of pyridine rings is 1. The smallest absolute Gasteiger partial charge is 0.254 e. The molecule has 1 aliphatic rings. The minimum absolute atomic E-state index is 0.127. The third kappa shape index (κ3) is 3.71. The van der Waals surface area contributed by atoms with Gasteiger partial charge in [0.15, 0.2) is 0 Å². The van der Waals surface area contributed by atoms with Crippen molar-refractivity contribution in [1.29, 1.82) is 0 Å². The topological polar surface area (TPSA) is 85.5 Å². The van der Waals surface area contributed by atoms with Crippen LogP contribution in [0.5, 0.6) is 0 Å². The van der Waals surface area contributed by atoms with Crippen LogP contribution in [0.25, 0.3) is 0 Å². The maximum Gasteiger partial charge on any atom is 0.254 e. The number of halogens is 1. The zero-order valence-electron chi connectivity index (χ0n) is 11.8. The van der Waals surface area contributed by atoms with Gasteiger partial charge in [-0.2, -0.15) is 0 Å². The predicted molar refractivity (Wildman–Crippen MR) is 78.1 cm³/mol. The highest BCUT2D eigenvalue weighted by Crippen LogP contribution is 2.17. The van der Waals surface area contributed by atoms with Gasteiger partial charge in [-0.1, -0.05) is 24.9 Å². The molecule has 2 rings (SSSR count). The Balaban J connectivity index is 2.27. The molecule has 0 aromatic carbocycles. The van der Waals surface area contributed by atoms with Crippen LogP contribution in [0.15, 0.2) is 12.1 Å². The molecular weight excluding hydrogens is 294 g/mol. The molecule has 1 unspecified atom stereocenters. The van der Waals surface area contributed by atoms with Gasteiger partial charge in [-0.3, -0.25) is 9.59 Å². The lowest BCUT2D eigenvalue weighted by molar-refractivity contribution is -0.127. The average Bonchev–Trinajstić information content (AvgIpc) is 2.46. The third-order valence-electron chi connectivity index (χ3n) is 3.32. The summed E-state index contributed by atoms with van der Waals surface area (Å²) >= 11 is 5.97. The molecule has 21 heavy (non-hydrogen) atoms. The first-order valence-electron chi connectivity index (χ1n) is 6.87. The van der Waals surface area contributed by atoms with Gasteiger partial charge in [0.25, 0.3) is 5.91 Å². The second kappa shape index (κ2) is 6.87. The highest BCUT2D eigenvalue weighted by molar-refractivity contribution is 6.29. The zero-order chi connectivity index (χ0) is 15.4. The summed E-state index contributed by atoms with van der Waals surface area (Å²) in [5.41, 5.74) is 6.51. The van der Waals surface area contributed by atoms with Crippen LogP contribution >= 0.6 is 11.6 Å². The molecule has 6 nitrogen and oxygen atoms in total. The number of aryl methyl sites for hydroxylation is 1. The Morgan fingerprint density at radius 3 is 2.95 bits per heavy atom. The minimum atomic E-state index is -0.743. The fourth-order valence-corrected chi connectivity index (χ4v) is 2.53. The zero-order valence-corrected chi connectivity index (χ0v) is 12.6. The van der Waals surface area contributed by atoms with Gasteiger partial charge >= 0.3 is 0 Å². The molecule has 114 valence electrons. The van der Waals surface area contributed by atoms with Gasteiger partial charge in [-0.15, -0.1) is 0 Å². The van der Waals surface area contributed by atoms with Crippen molar-refractivity contribution in [2.45, 2.75) is 25.8 Å². The van der Waals surface area contributed by atoms with Crippen molar-refractivity contribution in [3.8, 4) is 0 Å². The van der Waals surface area contributed by atoms with Crippen molar-refractivity contribution in [3.05, 3.63) is 28.5 Å². The van der Waals surface area contributed by atoms with Gasteiger partial charge in [-0.25, -0.2) is 4.98 Å². The van der Waals surface area contributed by atoms with E-state index >= 15 is 0 Å². The highest BCUT2D eigenvalue weighted by Gasteiger charge is 2.32. The summed E-state index contributed by atoms with van der Waals surface area (Å²) in [5, 5.41) is 0.271. The van der Waals surface area contributed by atoms with E-state index in [2.05, 4.69) is 4.98 Å². The molecule has 0 aliphatic carbocycles. The minimum Gasteiger partial charge on any atom is -0.377 e. The molecule has 2 amide bonds. The molecule has 0 spiro atoms. The van der Waals surface area contributed by atoms with Crippen molar-refractivity contribution < 1.29 is 14.3 Å². The molecule has 7 heteroatoms. The monoisotopic (exact) mass is 311 g/mol. The van der Waals surface area contributed by atoms with E-state index in [9.17, 15) is 9.59 Å². The molecule has 2 N–H and O–H groups in total. The van der Waals surface area contributed by atoms with Gasteiger partial charge < -0.3 is 15.4 Å². The number of amides is 2. The number of carbonyl (C=O) groups excluding carboxylic acids is 2. The number of nitrogens with two attached hydrogens (primary N) is 1. The Morgan fingerprint density at radius 1 is 1.52 bits per heavy atom. The number of aromatic nitrogens is 1. The van der Waals surface area contributed by atoms with Crippen molar-refractivity contribution >= 4 is 23.4 Å². The Kier molecular flexibility index (Phi) is 5.14. The second-order valence-corrected chi connectivity index (χ2v) is 5.30. The first-order chi connectivity index (χ1) is 10.0. The van der Waals surface area contributed by atoms with Gasteiger partial charge in [0.05, 0.1) is 13.2 Å². The molecule has 1 atom stereocenters. The first-order valence-corrected chi connectivity index (χ1v) is 7.25. The van der Waals surface area contributed by atoms with E-state index in [1.807, 2.05) is 6.92 Å². The van der Waals surface area contributed by atoms with E-state index in [-0.39, 0.29) is 17.7 Å². The lowest BCUT2D eigenvalue weighted by Crippen LogP contribution is -2.54. The number of rotatable bonds is 4. The number of carbonyl (C=O) groups is 2. The number of nitrogens with zero attached hydrogens (tertiary/aromatic N) is 2. The number of hydrogen-bond donors (Lipinski definition) is 1. The summed E-state index contributed by atoms with van der Waals surface area (Å²) in [6.45, 7) is 2.86. The lowest BCUT2D eigenvalue weighted by Gasteiger charge is -2.33.